The summed E-state index contributed by atoms with van der Waals surface area (Å²) >= 11 is 6.23. The molecule has 2 rings (SSSR count). The van der Waals surface area contributed by atoms with Gasteiger partial charge < -0.3 is 5.73 Å². The lowest BCUT2D eigenvalue weighted by atomic mass is 9.93. The summed E-state index contributed by atoms with van der Waals surface area (Å²) < 4.78 is 0. The molecule has 0 atom stereocenters. The van der Waals surface area contributed by atoms with E-state index in [9.17, 15) is 0 Å². The number of hydrogen-bond donors (Lipinski definition) is 1. The Kier molecular flexibility index (Phi) is 2.13. The van der Waals surface area contributed by atoms with E-state index in [4.69, 9.17) is 17.3 Å². The second kappa shape index (κ2) is 2.98. The lowest BCUT2D eigenvalue weighted by Gasteiger charge is -2.18. The summed E-state index contributed by atoms with van der Waals surface area (Å²) in [5, 5.41) is 0.877. The Morgan fingerprint density at radius 2 is 1.79 bits per heavy atom. The monoisotopic (exact) mass is 209 g/mol. The molecule has 1 fully saturated rings. The molecule has 0 heterocycles. The third kappa shape index (κ3) is 1.35. The van der Waals surface area contributed by atoms with Crippen molar-refractivity contribution >= 4 is 11.6 Å². The highest BCUT2D eigenvalue weighted by Gasteiger charge is 2.42. The Morgan fingerprint density at radius 3 is 2.29 bits per heavy atom. The zero-order chi connectivity index (χ0) is 10.5. The molecule has 0 saturated heterocycles. The maximum absolute atomic E-state index is 6.23. The Balaban J connectivity index is 2.65. The summed E-state index contributed by atoms with van der Waals surface area (Å²) in [5.74, 6) is 0. The number of rotatable bonds is 1. The van der Waals surface area contributed by atoms with E-state index in [1.54, 1.807) is 0 Å². The van der Waals surface area contributed by atoms with Crippen LogP contribution in [0.5, 0.6) is 0 Å². The standard InChI is InChI=1S/C12H16ClN/c1-7-6-8(2)11(13)9(3)10(7)12(14)4-5-12/h6H,4-5,14H2,1-3H3. The predicted octanol–water partition coefficient (Wildman–Crippen LogP) is 3.21. The maximum Gasteiger partial charge on any atom is 0.0468 e. The summed E-state index contributed by atoms with van der Waals surface area (Å²) in [6, 6.07) is 2.14. The van der Waals surface area contributed by atoms with E-state index in [1.165, 1.54) is 16.7 Å². The van der Waals surface area contributed by atoms with Crippen molar-refractivity contribution in [3.05, 3.63) is 33.3 Å². The number of hydrogen-bond acceptors (Lipinski definition) is 1. The van der Waals surface area contributed by atoms with Crippen molar-refractivity contribution in [1.29, 1.82) is 0 Å². The van der Waals surface area contributed by atoms with E-state index in [-0.39, 0.29) is 5.54 Å². The lowest BCUT2D eigenvalue weighted by Crippen LogP contribution is -2.21. The third-order valence-electron chi connectivity index (χ3n) is 3.16. The van der Waals surface area contributed by atoms with Crippen molar-refractivity contribution < 1.29 is 0 Å². The molecule has 2 heteroatoms. The summed E-state index contributed by atoms with van der Waals surface area (Å²) in [4.78, 5) is 0. The predicted molar refractivity (Wildman–Crippen MR) is 60.8 cm³/mol. The minimum absolute atomic E-state index is 0.0779. The smallest absolute Gasteiger partial charge is 0.0468 e. The van der Waals surface area contributed by atoms with Gasteiger partial charge in [0.05, 0.1) is 0 Å². The van der Waals surface area contributed by atoms with E-state index >= 15 is 0 Å². The van der Waals surface area contributed by atoms with Gasteiger partial charge in [-0.2, -0.15) is 0 Å². The van der Waals surface area contributed by atoms with Gasteiger partial charge in [-0.3, -0.25) is 0 Å². The Morgan fingerprint density at radius 1 is 1.21 bits per heavy atom. The lowest BCUT2D eigenvalue weighted by molar-refractivity contribution is 0.726. The van der Waals surface area contributed by atoms with E-state index in [0.29, 0.717) is 0 Å². The fourth-order valence-electron chi connectivity index (χ4n) is 2.31. The maximum atomic E-state index is 6.23. The molecule has 1 nitrogen and oxygen atoms in total. The van der Waals surface area contributed by atoms with Crippen molar-refractivity contribution in [2.75, 3.05) is 0 Å². The molecule has 1 aliphatic rings. The largest absolute Gasteiger partial charge is 0.321 e. The number of aryl methyl sites for hydroxylation is 2. The molecule has 2 N–H and O–H groups in total. The first-order valence-electron chi connectivity index (χ1n) is 5.01. The zero-order valence-corrected chi connectivity index (χ0v) is 9.70. The number of benzene rings is 1. The van der Waals surface area contributed by atoms with Crippen molar-refractivity contribution in [2.45, 2.75) is 39.2 Å². The number of nitrogens with two attached hydrogens (primary N) is 1. The van der Waals surface area contributed by atoms with Crippen molar-refractivity contribution in [1.82, 2.24) is 0 Å². The summed E-state index contributed by atoms with van der Waals surface area (Å²) in [5.41, 5.74) is 11.0. The molecule has 1 aliphatic carbocycles. The molecule has 0 aliphatic heterocycles. The normalized spacial score (nSPS) is 18.4. The van der Waals surface area contributed by atoms with Crippen LogP contribution in [-0.2, 0) is 5.54 Å². The second-order valence-corrected chi connectivity index (χ2v) is 4.86. The SMILES string of the molecule is Cc1cc(C)c(C2(N)CC2)c(C)c1Cl. The molecular formula is C12H16ClN. The van der Waals surface area contributed by atoms with Gasteiger partial charge in [-0.1, -0.05) is 17.7 Å². The molecule has 0 bridgehead atoms. The van der Waals surface area contributed by atoms with E-state index in [0.717, 1.165) is 23.4 Å². The van der Waals surface area contributed by atoms with Crippen LogP contribution in [0.1, 0.15) is 35.1 Å². The summed E-state index contributed by atoms with van der Waals surface area (Å²) in [6.45, 7) is 6.24. The van der Waals surface area contributed by atoms with Crippen molar-refractivity contribution in [3.63, 3.8) is 0 Å². The first-order valence-corrected chi connectivity index (χ1v) is 5.39. The van der Waals surface area contributed by atoms with Crippen LogP contribution in [-0.4, -0.2) is 0 Å². The van der Waals surface area contributed by atoms with Gasteiger partial charge in [-0.05, 0) is 55.9 Å². The van der Waals surface area contributed by atoms with Gasteiger partial charge in [-0.15, -0.1) is 0 Å². The summed E-state index contributed by atoms with van der Waals surface area (Å²) in [6.07, 6.45) is 2.18. The molecule has 0 amide bonds. The van der Waals surface area contributed by atoms with Crippen LogP contribution in [0.25, 0.3) is 0 Å². The zero-order valence-electron chi connectivity index (χ0n) is 8.95. The van der Waals surface area contributed by atoms with Gasteiger partial charge in [0.15, 0.2) is 0 Å². The van der Waals surface area contributed by atoms with E-state index in [1.807, 2.05) is 6.92 Å². The van der Waals surface area contributed by atoms with Crippen LogP contribution in [0.2, 0.25) is 5.02 Å². The van der Waals surface area contributed by atoms with Crippen LogP contribution in [0.4, 0.5) is 0 Å². The second-order valence-electron chi connectivity index (χ2n) is 4.48. The molecule has 1 aromatic rings. The molecule has 0 aromatic heterocycles. The van der Waals surface area contributed by atoms with Gasteiger partial charge in [-0.25, -0.2) is 0 Å². The van der Waals surface area contributed by atoms with Gasteiger partial charge in [0, 0.05) is 10.6 Å². The Hall–Kier alpha value is -0.530. The quantitative estimate of drug-likeness (QED) is 0.755. The van der Waals surface area contributed by atoms with Crippen LogP contribution in [0, 0.1) is 20.8 Å². The van der Waals surface area contributed by atoms with Crippen molar-refractivity contribution in [2.24, 2.45) is 5.73 Å². The molecule has 1 saturated carbocycles. The van der Waals surface area contributed by atoms with Crippen LogP contribution in [0.15, 0.2) is 6.07 Å². The highest BCUT2D eigenvalue weighted by atomic mass is 35.5. The summed E-state index contributed by atoms with van der Waals surface area (Å²) in [7, 11) is 0. The average molecular weight is 210 g/mol. The topological polar surface area (TPSA) is 26.0 Å². The first-order chi connectivity index (χ1) is 6.46. The van der Waals surface area contributed by atoms with Crippen LogP contribution >= 0.6 is 11.6 Å². The molecule has 76 valence electrons. The highest BCUT2D eigenvalue weighted by Crippen LogP contribution is 2.47. The molecule has 0 radical (unpaired) electrons. The molecule has 14 heavy (non-hydrogen) atoms. The molecule has 0 unspecified atom stereocenters. The molecule has 1 aromatic carbocycles. The van der Waals surface area contributed by atoms with Gasteiger partial charge in [0.25, 0.3) is 0 Å². The Bertz CT molecular complexity index is 392. The fraction of sp³-hybridized carbons (Fsp3) is 0.500. The van der Waals surface area contributed by atoms with Crippen LogP contribution in [0.3, 0.4) is 0 Å². The third-order valence-corrected chi connectivity index (χ3v) is 3.75. The first kappa shape index (κ1) is 10.0. The fourth-order valence-corrected chi connectivity index (χ4v) is 2.46. The minimum atomic E-state index is -0.0779. The van der Waals surface area contributed by atoms with Crippen LogP contribution < -0.4 is 5.73 Å². The van der Waals surface area contributed by atoms with Gasteiger partial charge in [0.2, 0.25) is 0 Å². The minimum Gasteiger partial charge on any atom is -0.321 e. The average Bonchev–Trinajstić information content (AvgIpc) is 2.80. The Labute approximate surface area is 90.3 Å². The molecular weight excluding hydrogens is 194 g/mol. The number of halogens is 1. The molecule has 0 spiro atoms. The van der Waals surface area contributed by atoms with Gasteiger partial charge in [0.1, 0.15) is 0 Å². The van der Waals surface area contributed by atoms with E-state index < -0.39 is 0 Å². The van der Waals surface area contributed by atoms with E-state index in [2.05, 4.69) is 19.9 Å². The highest BCUT2D eigenvalue weighted by molar-refractivity contribution is 6.32. The van der Waals surface area contributed by atoms with Gasteiger partial charge >= 0.3 is 0 Å². The van der Waals surface area contributed by atoms with Crippen molar-refractivity contribution in [3.8, 4) is 0 Å².